The van der Waals surface area contributed by atoms with Gasteiger partial charge in [0.1, 0.15) is 0 Å². The minimum absolute atomic E-state index is 0.00136. The Labute approximate surface area is 107 Å². The van der Waals surface area contributed by atoms with Gasteiger partial charge in [0.2, 0.25) is 5.91 Å². The summed E-state index contributed by atoms with van der Waals surface area (Å²) < 4.78 is 0. The number of carbonyl (C=O) groups excluding carboxylic acids is 1. The fraction of sp³-hybridized carbons (Fsp3) is 0.846. The molecule has 5 heteroatoms. The standard InChI is InChI=1S/C13H22N2O3/c1-7(4-10(16)17)6-15-13(18)11-8-2-3-9(5-8)12(11)14/h7-9,11-12H,2-6,14H2,1H3,(H,15,18)(H,16,17). The summed E-state index contributed by atoms with van der Waals surface area (Å²) in [7, 11) is 0. The Morgan fingerprint density at radius 3 is 2.61 bits per heavy atom. The number of carboxylic acids is 1. The first-order chi connectivity index (χ1) is 8.49. The van der Waals surface area contributed by atoms with Crippen LogP contribution in [0.3, 0.4) is 0 Å². The number of fused-ring (bicyclic) bond motifs is 2. The zero-order chi connectivity index (χ0) is 13.3. The fourth-order valence-electron chi connectivity index (χ4n) is 3.49. The first-order valence-corrected chi connectivity index (χ1v) is 6.74. The third-order valence-electron chi connectivity index (χ3n) is 4.43. The maximum atomic E-state index is 12.1. The van der Waals surface area contributed by atoms with Gasteiger partial charge in [-0.15, -0.1) is 0 Å². The van der Waals surface area contributed by atoms with Gasteiger partial charge in [0, 0.05) is 19.0 Å². The van der Waals surface area contributed by atoms with Crippen LogP contribution in [0.15, 0.2) is 0 Å². The van der Waals surface area contributed by atoms with Crippen molar-refractivity contribution in [1.29, 1.82) is 0 Å². The predicted octanol–water partition coefficient (Wildman–Crippen LogP) is 0.587. The molecule has 0 aromatic heterocycles. The average Bonchev–Trinajstić information content (AvgIpc) is 2.85. The topological polar surface area (TPSA) is 92.4 Å². The van der Waals surface area contributed by atoms with E-state index in [0.29, 0.717) is 18.4 Å². The summed E-state index contributed by atoms with van der Waals surface area (Å²) in [5, 5.41) is 11.5. The van der Waals surface area contributed by atoms with E-state index < -0.39 is 5.97 Å². The second-order valence-electron chi connectivity index (χ2n) is 5.88. The number of hydrogen-bond donors (Lipinski definition) is 3. The molecule has 0 saturated heterocycles. The number of carboxylic acid groups (broad SMARTS) is 1. The van der Waals surface area contributed by atoms with Crippen LogP contribution in [0.4, 0.5) is 0 Å². The maximum Gasteiger partial charge on any atom is 0.303 e. The van der Waals surface area contributed by atoms with Crippen molar-refractivity contribution in [2.75, 3.05) is 6.54 Å². The van der Waals surface area contributed by atoms with E-state index in [2.05, 4.69) is 5.32 Å². The molecule has 5 nitrogen and oxygen atoms in total. The zero-order valence-electron chi connectivity index (χ0n) is 10.8. The van der Waals surface area contributed by atoms with Crippen molar-refractivity contribution < 1.29 is 14.7 Å². The van der Waals surface area contributed by atoms with E-state index >= 15 is 0 Å². The lowest BCUT2D eigenvalue weighted by Crippen LogP contribution is -2.46. The Balaban J connectivity index is 1.80. The second kappa shape index (κ2) is 5.26. The summed E-state index contributed by atoms with van der Waals surface area (Å²) >= 11 is 0. The Morgan fingerprint density at radius 2 is 2.06 bits per heavy atom. The average molecular weight is 254 g/mol. The molecule has 18 heavy (non-hydrogen) atoms. The van der Waals surface area contributed by atoms with Gasteiger partial charge in [0.15, 0.2) is 0 Å². The van der Waals surface area contributed by atoms with E-state index in [1.165, 1.54) is 0 Å². The van der Waals surface area contributed by atoms with Gasteiger partial charge in [-0.3, -0.25) is 9.59 Å². The van der Waals surface area contributed by atoms with Gasteiger partial charge in [0.25, 0.3) is 0 Å². The number of hydrogen-bond acceptors (Lipinski definition) is 3. The third kappa shape index (κ3) is 2.66. The number of carbonyl (C=O) groups is 2. The Kier molecular flexibility index (Phi) is 3.90. The van der Waals surface area contributed by atoms with Crippen LogP contribution in [0.2, 0.25) is 0 Å². The fourth-order valence-corrected chi connectivity index (χ4v) is 3.49. The Morgan fingerprint density at radius 1 is 1.39 bits per heavy atom. The number of amides is 1. The highest BCUT2D eigenvalue weighted by Crippen LogP contribution is 2.47. The Hall–Kier alpha value is -1.10. The normalized spacial score (nSPS) is 35.4. The van der Waals surface area contributed by atoms with Crippen LogP contribution >= 0.6 is 0 Å². The SMILES string of the molecule is CC(CNC(=O)C1C2CCC(C2)C1N)CC(=O)O. The molecule has 0 heterocycles. The molecule has 0 aliphatic heterocycles. The molecule has 2 aliphatic rings. The summed E-state index contributed by atoms with van der Waals surface area (Å²) in [6, 6.07) is -0.00136. The van der Waals surface area contributed by atoms with Crippen molar-refractivity contribution in [3.63, 3.8) is 0 Å². The molecule has 0 aromatic carbocycles. The summed E-state index contributed by atoms with van der Waals surface area (Å²) in [4.78, 5) is 22.6. The molecule has 2 aliphatic carbocycles. The molecule has 2 bridgehead atoms. The molecule has 5 unspecified atom stereocenters. The molecule has 0 aromatic rings. The monoisotopic (exact) mass is 254 g/mol. The van der Waals surface area contributed by atoms with Gasteiger partial charge >= 0.3 is 5.97 Å². The molecular weight excluding hydrogens is 232 g/mol. The quantitative estimate of drug-likeness (QED) is 0.669. The van der Waals surface area contributed by atoms with E-state index in [4.69, 9.17) is 10.8 Å². The summed E-state index contributed by atoms with van der Waals surface area (Å²) in [5.74, 6) is 0.0596. The molecular formula is C13H22N2O3. The molecule has 2 rings (SSSR count). The highest BCUT2D eigenvalue weighted by Gasteiger charge is 2.48. The van der Waals surface area contributed by atoms with Crippen LogP contribution in [-0.4, -0.2) is 29.6 Å². The predicted molar refractivity (Wildman–Crippen MR) is 66.7 cm³/mol. The van der Waals surface area contributed by atoms with Crippen molar-refractivity contribution >= 4 is 11.9 Å². The van der Waals surface area contributed by atoms with Gasteiger partial charge < -0.3 is 16.2 Å². The summed E-state index contributed by atoms with van der Waals surface area (Å²) in [6.45, 7) is 2.25. The highest BCUT2D eigenvalue weighted by molar-refractivity contribution is 5.80. The third-order valence-corrected chi connectivity index (χ3v) is 4.43. The van der Waals surface area contributed by atoms with E-state index in [0.717, 1.165) is 19.3 Å². The van der Waals surface area contributed by atoms with Gasteiger partial charge in [-0.1, -0.05) is 6.92 Å². The lowest BCUT2D eigenvalue weighted by atomic mass is 9.84. The first kappa shape index (κ1) is 13.3. The number of rotatable bonds is 5. The highest BCUT2D eigenvalue weighted by atomic mass is 16.4. The smallest absolute Gasteiger partial charge is 0.303 e. The van der Waals surface area contributed by atoms with Gasteiger partial charge in [-0.05, 0) is 37.0 Å². The number of nitrogens with two attached hydrogens (primary N) is 1. The van der Waals surface area contributed by atoms with Gasteiger partial charge in [-0.25, -0.2) is 0 Å². The van der Waals surface area contributed by atoms with Crippen molar-refractivity contribution in [2.45, 2.75) is 38.6 Å². The molecule has 0 radical (unpaired) electrons. The zero-order valence-corrected chi connectivity index (χ0v) is 10.8. The van der Waals surface area contributed by atoms with Crippen LogP contribution in [0.1, 0.15) is 32.6 Å². The van der Waals surface area contributed by atoms with Crippen LogP contribution in [-0.2, 0) is 9.59 Å². The number of nitrogens with one attached hydrogen (secondary N) is 1. The Bertz CT molecular complexity index is 343. The van der Waals surface area contributed by atoms with Crippen molar-refractivity contribution in [3.05, 3.63) is 0 Å². The first-order valence-electron chi connectivity index (χ1n) is 6.74. The maximum absolute atomic E-state index is 12.1. The second-order valence-corrected chi connectivity index (χ2v) is 5.88. The molecule has 1 amide bonds. The summed E-state index contributed by atoms with van der Waals surface area (Å²) in [6.07, 6.45) is 3.44. The molecule has 2 fully saturated rings. The van der Waals surface area contributed by atoms with E-state index in [1.807, 2.05) is 6.92 Å². The van der Waals surface area contributed by atoms with Crippen molar-refractivity contribution in [1.82, 2.24) is 5.32 Å². The minimum atomic E-state index is -0.826. The van der Waals surface area contributed by atoms with E-state index in [1.54, 1.807) is 0 Å². The molecule has 0 spiro atoms. The van der Waals surface area contributed by atoms with Crippen molar-refractivity contribution in [3.8, 4) is 0 Å². The lowest BCUT2D eigenvalue weighted by Gasteiger charge is -2.27. The molecule has 102 valence electrons. The van der Waals surface area contributed by atoms with Gasteiger partial charge in [-0.2, -0.15) is 0 Å². The van der Waals surface area contributed by atoms with Crippen LogP contribution in [0.5, 0.6) is 0 Å². The molecule has 2 saturated carbocycles. The van der Waals surface area contributed by atoms with Crippen LogP contribution in [0.25, 0.3) is 0 Å². The molecule has 5 atom stereocenters. The van der Waals surface area contributed by atoms with E-state index in [9.17, 15) is 9.59 Å². The van der Waals surface area contributed by atoms with Crippen LogP contribution in [0, 0.1) is 23.7 Å². The van der Waals surface area contributed by atoms with E-state index in [-0.39, 0.29) is 30.2 Å². The minimum Gasteiger partial charge on any atom is -0.481 e. The number of aliphatic carboxylic acids is 1. The largest absolute Gasteiger partial charge is 0.481 e. The summed E-state index contributed by atoms with van der Waals surface area (Å²) in [5.41, 5.74) is 6.10. The molecule has 4 N–H and O–H groups in total. The lowest BCUT2D eigenvalue weighted by molar-refractivity contribution is -0.138. The van der Waals surface area contributed by atoms with Crippen molar-refractivity contribution in [2.24, 2.45) is 29.4 Å². The van der Waals surface area contributed by atoms with Crippen LogP contribution < -0.4 is 11.1 Å². The van der Waals surface area contributed by atoms with Gasteiger partial charge in [0.05, 0.1) is 5.92 Å².